The molecule has 1 aromatic heterocycles. The van der Waals surface area contributed by atoms with Crippen LogP contribution in [0.2, 0.25) is 0 Å². The van der Waals surface area contributed by atoms with Gasteiger partial charge in [-0.1, -0.05) is 32.5 Å². The molecule has 0 aliphatic heterocycles. The Kier molecular flexibility index (Phi) is 6.17. The molecule has 0 atom stereocenters. The number of nitrogen functional groups attached to an aromatic ring is 1. The van der Waals surface area contributed by atoms with Gasteiger partial charge in [0.15, 0.2) is 0 Å². The van der Waals surface area contributed by atoms with E-state index in [0.29, 0.717) is 10.9 Å². The first-order valence-electron chi connectivity index (χ1n) is 4.95. The van der Waals surface area contributed by atoms with Crippen molar-refractivity contribution in [3.63, 3.8) is 0 Å². The molecule has 0 aromatic carbocycles. The summed E-state index contributed by atoms with van der Waals surface area (Å²) in [5.41, 5.74) is -0.225. The van der Waals surface area contributed by atoms with E-state index in [1.54, 1.807) is 6.26 Å². The van der Waals surface area contributed by atoms with Crippen LogP contribution in [0, 0.1) is 0 Å². The van der Waals surface area contributed by atoms with Crippen molar-refractivity contribution in [1.82, 2.24) is 14.9 Å². The number of rotatable bonds is 1. The summed E-state index contributed by atoms with van der Waals surface area (Å²) in [6.07, 6.45) is 1.80. The largest absolute Gasteiger partial charge is 0.466 e. The number of nitrogens with zero attached hydrogens (tertiary/aromatic N) is 3. The zero-order valence-corrected chi connectivity index (χ0v) is 12.6. The normalized spacial score (nSPS) is 11.7. The lowest BCUT2D eigenvalue weighted by Crippen LogP contribution is -2.37. The summed E-state index contributed by atoms with van der Waals surface area (Å²) in [5.74, 6) is 5.57. The Balaban J connectivity index is 0.000000555. The summed E-state index contributed by atoms with van der Waals surface area (Å²) in [4.78, 5) is 33.3. The molecule has 110 valence electrons. The molecule has 1 rings (SSSR count). The molecule has 11 heteroatoms. The standard InChI is InChI=1S/C8H14N4OS.H3O4P/c1-8(2,3)5-6(13)12(9)7(14-4)11-10-5;1-5(2,3)4/h9H2,1-4H3;(H3,1,2,3,4). The lowest BCUT2D eigenvalue weighted by atomic mass is 9.93. The third-order valence-corrected chi connectivity index (χ3v) is 2.40. The van der Waals surface area contributed by atoms with Crippen molar-refractivity contribution in [2.75, 3.05) is 12.1 Å². The van der Waals surface area contributed by atoms with E-state index in [2.05, 4.69) is 10.2 Å². The summed E-state index contributed by atoms with van der Waals surface area (Å²) in [5, 5.41) is 8.19. The summed E-state index contributed by atoms with van der Waals surface area (Å²) in [6.45, 7) is 5.70. The molecule has 5 N–H and O–H groups in total. The van der Waals surface area contributed by atoms with E-state index in [1.807, 2.05) is 20.8 Å². The average molecular weight is 312 g/mol. The van der Waals surface area contributed by atoms with Crippen LogP contribution < -0.4 is 11.4 Å². The van der Waals surface area contributed by atoms with Gasteiger partial charge in [0.25, 0.3) is 5.56 Å². The maximum Gasteiger partial charge on any atom is 0.466 e. The van der Waals surface area contributed by atoms with E-state index in [1.165, 1.54) is 11.8 Å². The topological polar surface area (TPSA) is 152 Å². The summed E-state index contributed by atoms with van der Waals surface area (Å²) in [6, 6.07) is 0. The van der Waals surface area contributed by atoms with Gasteiger partial charge in [-0.25, -0.2) is 4.57 Å². The minimum atomic E-state index is -4.64. The fourth-order valence-electron chi connectivity index (χ4n) is 0.995. The Morgan fingerprint density at radius 2 is 1.68 bits per heavy atom. The minimum Gasteiger partial charge on any atom is -0.334 e. The molecule has 1 aromatic rings. The lowest BCUT2D eigenvalue weighted by molar-refractivity contribution is 0.275. The molecule has 0 spiro atoms. The van der Waals surface area contributed by atoms with Crippen LogP contribution in [0.25, 0.3) is 0 Å². The molecule has 0 unspecified atom stereocenters. The SMILES string of the molecule is CSc1nnc(C(C)(C)C)c(=O)n1N.O=P(O)(O)O. The number of hydrogen-bond acceptors (Lipinski definition) is 6. The first-order valence-corrected chi connectivity index (χ1v) is 7.74. The highest BCUT2D eigenvalue weighted by atomic mass is 32.2. The smallest absolute Gasteiger partial charge is 0.334 e. The van der Waals surface area contributed by atoms with Gasteiger partial charge >= 0.3 is 7.82 Å². The summed E-state index contributed by atoms with van der Waals surface area (Å²) in [7, 11) is -4.64. The molecule has 9 nitrogen and oxygen atoms in total. The minimum absolute atomic E-state index is 0.281. The summed E-state index contributed by atoms with van der Waals surface area (Å²) < 4.78 is 9.92. The van der Waals surface area contributed by atoms with E-state index in [-0.39, 0.29) is 11.0 Å². The zero-order chi connectivity index (χ0) is 15.4. The van der Waals surface area contributed by atoms with Gasteiger partial charge < -0.3 is 20.5 Å². The Labute approximate surface area is 114 Å². The first-order chi connectivity index (χ1) is 8.38. The second kappa shape index (κ2) is 6.49. The second-order valence-corrected chi connectivity index (χ2v) is 6.27. The van der Waals surface area contributed by atoms with Crippen LogP contribution in [0.5, 0.6) is 0 Å². The third kappa shape index (κ3) is 6.69. The van der Waals surface area contributed by atoms with Gasteiger partial charge in [0, 0.05) is 5.41 Å². The van der Waals surface area contributed by atoms with Gasteiger partial charge in [-0.15, -0.1) is 10.2 Å². The molecule has 0 aliphatic carbocycles. The van der Waals surface area contributed by atoms with Crippen LogP contribution in [0.1, 0.15) is 26.5 Å². The Hall–Kier alpha value is -0.930. The molecule has 0 amide bonds. The van der Waals surface area contributed by atoms with Gasteiger partial charge in [-0.2, -0.15) is 4.68 Å². The first kappa shape index (κ1) is 18.1. The molecule has 0 saturated carbocycles. The highest BCUT2D eigenvalue weighted by molar-refractivity contribution is 7.98. The van der Waals surface area contributed by atoms with E-state index in [0.717, 1.165) is 4.68 Å². The van der Waals surface area contributed by atoms with E-state index in [4.69, 9.17) is 25.1 Å². The van der Waals surface area contributed by atoms with Gasteiger partial charge in [-0.05, 0) is 6.26 Å². The number of aromatic nitrogens is 3. The van der Waals surface area contributed by atoms with E-state index < -0.39 is 7.82 Å². The van der Waals surface area contributed by atoms with Crippen LogP contribution in [0.4, 0.5) is 0 Å². The van der Waals surface area contributed by atoms with Crippen molar-refractivity contribution in [2.45, 2.75) is 31.3 Å². The van der Waals surface area contributed by atoms with E-state index >= 15 is 0 Å². The zero-order valence-electron chi connectivity index (χ0n) is 10.9. The number of nitrogens with two attached hydrogens (primary N) is 1. The van der Waals surface area contributed by atoms with Crippen LogP contribution >= 0.6 is 19.6 Å². The molecule has 1 heterocycles. The van der Waals surface area contributed by atoms with Crippen molar-refractivity contribution in [3.8, 4) is 0 Å². The number of hydrogen-bond donors (Lipinski definition) is 4. The van der Waals surface area contributed by atoms with Gasteiger partial charge in [0.1, 0.15) is 5.69 Å². The average Bonchev–Trinajstić information content (AvgIpc) is 2.17. The fraction of sp³-hybridized carbons (Fsp3) is 0.625. The highest BCUT2D eigenvalue weighted by Crippen LogP contribution is 2.25. The maximum absolute atomic E-state index is 11.7. The molecule has 0 aliphatic rings. The van der Waals surface area contributed by atoms with Crippen molar-refractivity contribution >= 4 is 19.6 Å². The molecule has 19 heavy (non-hydrogen) atoms. The molecular formula is C8H17N4O5PS. The van der Waals surface area contributed by atoms with Crippen molar-refractivity contribution in [3.05, 3.63) is 16.0 Å². The Morgan fingerprint density at radius 3 is 2.00 bits per heavy atom. The highest BCUT2D eigenvalue weighted by Gasteiger charge is 2.22. The maximum atomic E-state index is 11.7. The monoisotopic (exact) mass is 312 g/mol. The van der Waals surface area contributed by atoms with Gasteiger partial charge in [-0.3, -0.25) is 4.79 Å². The lowest BCUT2D eigenvalue weighted by Gasteiger charge is -2.16. The third-order valence-electron chi connectivity index (χ3n) is 1.76. The summed E-state index contributed by atoms with van der Waals surface area (Å²) >= 11 is 1.29. The van der Waals surface area contributed by atoms with Crippen LogP contribution in [-0.4, -0.2) is 35.8 Å². The van der Waals surface area contributed by atoms with Crippen LogP contribution in [0.3, 0.4) is 0 Å². The molecular weight excluding hydrogens is 295 g/mol. The molecule has 0 saturated heterocycles. The Bertz CT molecular complexity index is 527. The van der Waals surface area contributed by atoms with Crippen molar-refractivity contribution in [2.24, 2.45) is 0 Å². The van der Waals surface area contributed by atoms with Crippen LogP contribution in [-0.2, 0) is 9.98 Å². The van der Waals surface area contributed by atoms with Gasteiger partial charge in [0.2, 0.25) is 5.16 Å². The number of thioether (sulfide) groups is 1. The fourth-order valence-corrected chi connectivity index (χ4v) is 1.40. The molecule has 0 radical (unpaired) electrons. The van der Waals surface area contributed by atoms with Crippen LogP contribution in [0.15, 0.2) is 9.95 Å². The quantitative estimate of drug-likeness (QED) is 0.304. The predicted octanol–water partition coefficient (Wildman–Crippen LogP) is -0.557. The number of phosphoric acid groups is 1. The van der Waals surface area contributed by atoms with E-state index in [9.17, 15) is 4.79 Å². The van der Waals surface area contributed by atoms with Crippen molar-refractivity contribution < 1.29 is 19.2 Å². The molecule has 0 fully saturated rings. The van der Waals surface area contributed by atoms with Gasteiger partial charge in [0.05, 0.1) is 0 Å². The predicted molar refractivity (Wildman–Crippen MR) is 71.2 cm³/mol. The van der Waals surface area contributed by atoms with Crippen molar-refractivity contribution in [1.29, 1.82) is 0 Å². The second-order valence-electron chi connectivity index (χ2n) is 4.47. The Morgan fingerprint density at radius 1 is 1.26 bits per heavy atom. The molecule has 0 bridgehead atoms.